The van der Waals surface area contributed by atoms with Crippen molar-refractivity contribution in [1.29, 1.82) is 0 Å². The highest BCUT2D eigenvalue weighted by Gasteiger charge is 2.16. The second-order valence-electron chi connectivity index (χ2n) is 6.64. The number of phenols is 1. The van der Waals surface area contributed by atoms with Gasteiger partial charge in [0.2, 0.25) is 0 Å². The van der Waals surface area contributed by atoms with Crippen LogP contribution >= 0.6 is 0 Å². The first kappa shape index (κ1) is 16.5. The van der Waals surface area contributed by atoms with Crippen LogP contribution in [-0.2, 0) is 6.42 Å². The fourth-order valence-electron chi connectivity index (χ4n) is 2.99. The third kappa shape index (κ3) is 3.28. The van der Waals surface area contributed by atoms with Crippen molar-refractivity contribution in [2.24, 2.45) is 0 Å². The Kier molecular flexibility index (Phi) is 4.84. The molecule has 2 aromatic carbocycles. The fraction of sp³-hybridized carbons (Fsp3) is 0.400. The highest BCUT2D eigenvalue weighted by molar-refractivity contribution is 5.73. The van der Waals surface area contributed by atoms with Crippen molar-refractivity contribution in [2.75, 3.05) is 0 Å². The fourth-order valence-corrected chi connectivity index (χ4v) is 2.99. The lowest BCUT2D eigenvalue weighted by Crippen LogP contribution is -2.03. The summed E-state index contributed by atoms with van der Waals surface area (Å²) in [7, 11) is 0. The number of aryl methyl sites for hydroxylation is 1. The first-order valence-electron chi connectivity index (χ1n) is 8.78. The van der Waals surface area contributed by atoms with Gasteiger partial charge in [-0.2, -0.15) is 0 Å². The molecule has 0 radical (unpaired) electrons. The first-order valence-corrected chi connectivity index (χ1v) is 8.78. The van der Waals surface area contributed by atoms with E-state index in [0.717, 1.165) is 29.4 Å². The van der Waals surface area contributed by atoms with E-state index >= 15 is 0 Å². The molecular weight excluding hydrogens is 298 g/mol. The Balaban J connectivity index is 2.07. The summed E-state index contributed by atoms with van der Waals surface area (Å²) in [6.07, 6.45) is 4.60. The molecule has 3 aromatic rings. The predicted octanol–water partition coefficient (Wildman–Crippen LogP) is 4.98. The van der Waals surface area contributed by atoms with Crippen LogP contribution in [0.25, 0.3) is 16.7 Å². The Morgan fingerprint density at radius 3 is 2.29 bits per heavy atom. The molecule has 4 heteroatoms. The average molecular weight is 323 g/mol. The molecule has 0 aliphatic heterocycles. The van der Waals surface area contributed by atoms with E-state index in [0.29, 0.717) is 5.69 Å². The quantitative estimate of drug-likeness (QED) is 0.651. The van der Waals surface area contributed by atoms with E-state index in [2.05, 4.69) is 37.0 Å². The smallest absolute Gasteiger partial charge is 0.146 e. The lowest BCUT2D eigenvalue weighted by Gasteiger charge is -2.15. The van der Waals surface area contributed by atoms with Gasteiger partial charge >= 0.3 is 0 Å². The van der Waals surface area contributed by atoms with Crippen molar-refractivity contribution in [2.45, 2.75) is 52.4 Å². The molecule has 0 aliphatic carbocycles. The number of aromatic nitrogens is 3. The zero-order valence-electron chi connectivity index (χ0n) is 14.7. The first-order chi connectivity index (χ1) is 11.6. The van der Waals surface area contributed by atoms with Crippen LogP contribution in [-0.4, -0.2) is 20.1 Å². The molecular formula is C20H25N3O. The molecule has 126 valence electrons. The van der Waals surface area contributed by atoms with E-state index in [9.17, 15) is 5.11 Å². The van der Waals surface area contributed by atoms with Crippen molar-refractivity contribution < 1.29 is 5.11 Å². The van der Waals surface area contributed by atoms with Gasteiger partial charge in [0.1, 0.15) is 22.5 Å². The summed E-state index contributed by atoms with van der Waals surface area (Å²) in [6, 6.07) is 11.9. The predicted molar refractivity (Wildman–Crippen MR) is 97.8 cm³/mol. The summed E-state index contributed by atoms with van der Waals surface area (Å²) in [5.41, 5.74) is 4.53. The summed E-state index contributed by atoms with van der Waals surface area (Å²) in [4.78, 5) is 1.56. The molecule has 0 amide bonds. The standard InChI is InChI=1S/C20H25N3O/c1-4-5-6-9-15-12-16(14(2)3)20(24)19(13-15)23-21-17-10-7-8-11-18(17)22-23/h7-8,10-14,24H,4-6,9H2,1-3H3. The summed E-state index contributed by atoms with van der Waals surface area (Å²) >= 11 is 0. The Labute approximate surface area is 143 Å². The van der Waals surface area contributed by atoms with E-state index < -0.39 is 0 Å². The molecule has 0 saturated heterocycles. The van der Waals surface area contributed by atoms with Crippen molar-refractivity contribution in [3.05, 3.63) is 47.5 Å². The zero-order chi connectivity index (χ0) is 17.1. The van der Waals surface area contributed by atoms with E-state index in [1.54, 1.807) is 4.80 Å². The van der Waals surface area contributed by atoms with Gasteiger partial charge in [-0.1, -0.05) is 51.8 Å². The second-order valence-corrected chi connectivity index (χ2v) is 6.64. The molecule has 24 heavy (non-hydrogen) atoms. The molecule has 1 N–H and O–H groups in total. The summed E-state index contributed by atoms with van der Waals surface area (Å²) in [6.45, 7) is 6.41. The van der Waals surface area contributed by atoms with E-state index in [1.165, 1.54) is 18.4 Å². The summed E-state index contributed by atoms with van der Waals surface area (Å²) in [5.74, 6) is 0.532. The van der Waals surface area contributed by atoms with Gasteiger partial charge in [0.05, 0.1) is 0 Å². The maximum atomic E-state index is 10.7. The third-order valence-electron chi connectivity index (χ3n) is 4.37. The minimum absolute atomic E-state index is 0.250. The third-order valence-corrected chi connectivity index (χ3v) is 4.37. The normalized spacial score (nSPS) is 11.5. The van der Waals surface area contributed by atoms with Gasteiger partial charge in [-0.25, -0.2) is 0 Å². The monoisotopic (exact) mass is 323 g/mol. The molecule has 0 unspecified atom stereocenters. The SMILES string of the molecule is CCCCCc1cc(C(C)C)c(O)c(-n2nc3ccccc3n2)c1. The molecule has 0 spiro atoms. The van der Waals surface area contributed by atoms with Crippen LogP contribution in [0.2, 0.25) is 0 Å². The number of hydrogen-bond donors (Lipinski definition) is 1. The number of nitrogens with zero attached hydrogens (tertiary/aromatic N) is 3. The molecule has 0 fully saturated rings. The van der Waals surface area contributed by atoms with Crippen molar-refractivity contribution in [1.82, 2.24) is 15.0 Å². The number of hydrogen-bond acceptors (Lipinski definition) is 3. The average Bonchev–Trinajstić information content (AvgIpc) is 2.99. The van der Waals surface area contributed by atoms with Gasteiger partial charge in [-0.05, 0) is 48.1 Å². The maximum Gasteiger partial charge on any atom is 0.146 e. The number of rotatable bonds is 6. The molecule has 0 atom stereocenters. The Morgan fingerprint density at radius 2 is 1.71 bits per heavy atom. The van der Waals surface area contributed by atoms with Crippen LogP contribution in [0.1, 0.15) is 57.1 Å². The molecule has 0 bridgehead atoms. The van der Waals surface area contributed by atoms with Gasteiger partial charge in [-0.15, -0.1) is 15.0 Å². The lowest BCUT2D eigenvalue weighted by molar-refractivity contribution is 0.457. The summed E-state index contributed by atoms with van der Waals surface area (Å²) < 4.78 is 0. The van der Waals surface area contributed by atoms with Crippen molar-refractivity contribution in [3.8, 4) is 11.4 Å². The largest absolute Gasteiger partial charge is 0.505 e. The van der Waals surface area contributed by atoms with E-state index in [-0.39, 0.29) is 11.7 Å². The molecule has 4 nitrogen and oxygen atoms in total. The highest BCUT2D eigenvalue weighted by atomic mass is 16.3. The van der Waals surface area contributed by atoms with Crippen LogP contribution in [0.4, 0.5) is 0 Å². The molecule has 1 aromatic heterocycles. The number of aromatic hydroxyl groups is 1. The minimum atomic E-state index is 0.250. The van der Waals surface area contributed by atoms with E-state index in [1.807, 2.05) is 30.3 Å². The van der Waals surface area contributed by atoms with Gasteiger partial charge in [0.15, 0.2) is 0 Å². The van der Waals surface area contributed by atoms with Crippen LogP contribution in [0.3, 0.4) is 0 Å². The van der Waals surface area contributed by atoms with Crippen LogP contribution < -0.4 is 0 Å². The second kappa shape index (κ2) is 7.04. The van der Waals surface area contributed by atoms with Gasteiger partial charge in [-0.3, -0.25) is 0 Å². The van der Waals surface area contributed by atoms with Gasteiger partial charge < -0.3 is 5.11 Å². The van der Waals surface area contributed by atoms with Crippen LogP contribution in [0.5, 0.6) is 5.75 Å². The molecule has 1 heterocycles. The number of benzene rings is 2. The lowest BCUT2D eigenvalue weighted by atomic mass is 9.96. The highest BCUT2D eigenvalue weighted by Crippen LogP contribution is 2.33. The van der Waals surface area contributed by atoms with Gasteiger partial charge in [0.25, 0.3) is 0 Å². The van der Waals surface area contributed by atoms with Crippen LogP contribution in [0.15, 0.2) is 36.4 Å². The van der Waals surface area contributed by atoms with Crippen molar-refractivity contribution in [3.63, 3.8) is 0 Å². The van der Waals surface area contributed by atoms with Crippen molar-refractivity contribution >= 4 is 11.0 Å². The number of phenolic OH excluding ortho intramolecular Hbond substituents is 1. The number of unbranched alkanes of at least 4 members (excludes halogenated alkanes) is 2. The maximum absolute atomic E-state index is 10.7. The molecule has 0 saturated carbocycles. The Bertz CT molecular complexity index is 803. The Morgan fingerprint density at radius 1 is 1.04 bits per heavy atom. The van der Waals surface area contributed by atoms with Crippen LogP contribution in [0, 0.1) is 0 Å². The topological polar surface area (TPSA) is 50.9 Å². The minimum Gasteiger partial charge on any atom is -0.505 e. The van der Waals surface area contributed by atoms with E-state index in [4.69, 9.17) is 0 Å². The molecule has 0 aliphatic rings. The molecule has 3 rings (SSSR count). The Hall–Kier alpha value is -2.36. The van der Waals surface area contributed by atoms with Gasteiger partial charge in [0, 0.05) is 0 Å². The summed E-state index contributed by atoms with van der Waals surface area (Å²) in [5, 5.41) is 19.8. The number of fused-ring (bicyclic) bond motifs is 1. The zero-order valence-corrected chi connectivity index (χ0v) is 14.7.